The molecule has 1 fully saturated rings. The van der Waals surface area contributed by atoms with Crippen LogP contribution in [0.15, 0.2) is 42.5 Å². The molecule has 2 aromatic carbocycles. The van der Waals surface area contributed by atoms with E-state index in [1.54, 1.807) is 29.2 Å². The number of fused-ring (bicyclic) bond motifs is 2. The molecule has 3 heterocycles. The molecule has 3 aliphatic heterocycles. The SMILES string of the molecule is O=C1c2ccccc2C(=O)N1CCC(=O)N1CCc2cc(N3CCCC3)ccc21. The normalized spacial score (nSPS) is 17.9. The number of hydrogen-bond acceptors (Lipinski definition) is 4. The average Bonchev–Trinajstić information content (AvgIpc) is 3.46. The number of carbonyl (C=O) groups excluding carboxylic acids is 3. The van der Waals surface area contributed by atoms with E-state index in [0.29, 0.717) is 17.7 Å². The number of amides is 3. The average molecular weight is 389 g/mol. The number of nitrogens with zero attached hydrogens (tertiary/aromatic N) is 3. The van der Waals surface area contributed by atoms with Gasteiger partial charge >= 0.3 is 0 Å². The minimum absolute atomic E-state index is 0.0470. The largest absolute Gasteiger partial charge is 0.372 e. The van der Waals surface area contributed by atoms with Crippen molar-refractivity contribution in [3.05, 3.63) is 59.2 Å². The van der Waals surface area contributed by atoms with Crippen molar-refractivity contribution in [2.24, 2.45) is 0 Å². The first-order valence-corrected chi connectivity index (χ1v) is 10.3. The van der Waals surface area contributed by atoms with Gasteiger partial charge in [0.15, 0.2) is 0 Å². The molecule has 3 aliphatic rings. The van der Waals surface area contributed by atoms with E-state index in [2.05, 4.69) is 17.0 Å². The van der Waals surface area contributed by atoms with Crippen LogP contribution in [0.5, 0.6) is 0 Å². The second-order valence-electron chi connectivity index (χ2n) is 7.86. The van der Waals surface area contributed by atoms with Crippen LogP contribution < -0.4 is 9.80 Å². The molecule has 0 spiro atoms. The van der Waals surface area contributed by atoms with Crippen molar-refractivity contribution in [1.29, 1.82) is 0 Å². The van der Waals surface area contributed by atoms with Gasteiger partial charge in [0.2, 0.25) is 5.91 Å². The van der Waals surface area contributed by atoms with E-state index in [9.17, 15) is 14.4 Å². The highest BCUT2D eigenvalue weighted by Gasteiger charge is 2.35. The molecule has 0 N–H and O–H groups in total. The van der Waals surface area contributed by atoms with Crippen LogP contribution in [0.1, 0.15) is 45.5 Å². The molecular weight excluding hydrogens is 366 g/mol. The molecule has 0 atom stereocenters. The van der Waals surface area contributed by atoms with Crippen LogP contribution in [0.2, 0.25) is 0 Å². The molecule has 0 bridgehead atoms. The minimum atomic E-state index is -0.310. The third-order valence-corrected chi connectivity index (χ3v) is 6.16. The van der Waals surface area contributed by atoms with Crippen molar-refractivity contribution >= 4 is 29.1 Å². The lowest BCUT2D eigenvalue weighted by atomic mass is 10.1. The van der Waals surface area contributed by atoms with Crippen molar-refractivity contribution in [2.45, 2.75) is 25.7 Å². The van der Waals surface area contributed by atoms with Gasteiger partial charge in [0.05, 0.1) is 11.1 Å². The molecular formula is C23H23N3O3. The fourth-order valence-electron chi connectivity index (χ4n) is 4.60. The molecule has 0 unspecified atom stereocenters. The molecule has 5 rings (SSSR count). The summed E-state index contributed by atoms with van der Waals surface area (Å²) in [5, 5.41) is 0. The van der Waals surface area contributed by atoms with E-state index >= 15 is 0 Å². The van der Waals surface area contributed by atoms with Crippen LogP contribution >= 0.6 is 0 Å². The van der Waals surface area contributed by atoms with Gasteiger partial charge in [0.25, 0.3) is 11.8 Å². The summed E-state index contributed by atoms with van der Waals surface area (Å²) >= 11 is 0. The summed E-state index contributed by atoms with van der Waals surface area (Å²) in [7, 11) is 0. The molecule has 3 amide bonds. The smallest absolute Gasteiger partial charge is 0.261 e. The topological polar surface area (TPSA) is 60.9 Å². The standard InChI is InChI=1S/C23H23N3O3/c27-21(10-14-26-22(28)18-5-1-2-6-19(18)23(26)29)25-13-9-16-15-17(7-8-20(16)25)24-11-3-4-12-24/h1-2,5-8,15H,3-4,9-14H2. The molecule has 6 nitrogen and oxygen atoms in total. The monoisotopic (exact) mass is 389 g/mol. The first-order chi connectivity index (χ1) is 14.1. The number of imide groups is 1. The molecule has 6 heteroatoms. The third-order valence-electron chi connectivity index (χ3n) is 6.16. The fraction of sp³-hybridized carbons (Fsp3) is 0.348. The van der Waals surface area contributed by atoms with Crippen molar-refractivity contribution < 1.29 is 14.4 Å². The highest BCUT2D eigenvalue weighted by Crippen LogP contribution is 2.33. The molecule has 0 saturated carbocycles. The van der Waals surface area contributed by atoms with E-state index in [0.717, 1.165) is 25.2 Å². The maximum atomic E-state index is 12.9. The van der Waals surface area contributed by atoms with E-state index < -0.39 is 0 Å². The van der Waals surface area contributed by atoms with E-state index in [-0.39, 0.29) is 30.7 Å². The van der Waals surface area contributed by atoms with Crippen molar-refractivity contribution in [2.75, 3.05) is 36.0 Å². The molecule has 148 valence electrons. The van der Waals surface area contributed by atoms with Crippen molar-refractivity contribution in [1.82, 2.24) is 4.90 Å². The second-order valence-corrected chi connectivity index (χ2v) is 7.86. The second kappa shape index (κ2) is 7.03. The number of anilines is 2. The van der Waals surface area contributed by atoms with E-state index in [4.69, 9.17) is 0 Å². The van der Waals surface area contributed by atoms with Gasteiger partial charge in [-0.2, -0.15) is 0 Å². The van der Waals surface area contributed by atoms with Crippen molar-refractivity contribution in [3.63, 3.8) is 0 Å². The lowest BCUT2D eigenvalue weighted by Crippen LogP contribution is -2.36. The van der Waals surface area contributed by atoms with Gasteiger partial charge in [-0.1, -0.05) is 12.1 Å². The Morgan fingerprint density at radius 3 is 2.28 bits per heavy atom. The molecule has 29 heavy (non-hydrogen) atoms. The Labute approximate surface area is 169 Å². The van der Waals surface area contributed by atoms with Gasteiger partial charge in [0.1, 0.15) is 0 Å². The highest BCUT2D eigenvalue weighted by molar-refractivity contribution is 6.21. The van der Waals surface area contributed by atoms with Crippen LogP contribution in [0.3, 0.4) is 0 Å². The molecule has 0 radical (unpaired) electrons. The van der Waals surface area contributed by atoms with Crippen LogP contribution in [0, 0.1) is 0 Å². The van der Waals surface area contributed by atoms with Crippen molar-refractivity contribution in [3.8, 4) is 0 Å². The Balaban J connectivity index is 1.26. The summed E-state index contributed by atoms with van der Waals surface area (Å²) in [4.78, 5) is 43.2. The van der Waals surface area contributed by atoms with Gasteiger partial charge in [0, 0.05) is 44.0 Å². The van der Waals surface area contributed by atoms with Gasteiger partial charge < -0.3 is 9.80 Å². The van der Waals surface area contributed by atoms with Gasteiger partial charge in [-0.05, 0) is 55.2 Å². The summed E-state index contributed by atoms with van der Waals surface area (Å²) in [6.07, 6.45) is 3.45. The highest BCUT2D eigenvalue weighted by atomic mass is 16.2. The number of rotatable bonds is 4. The Hall–Kier alpha value is -3.15. The predicted octanol–water partition coefficient (Wildman–Crippen LogP) is 2.86. The summed E-state index contributed by atoms with van der Waals surface area (Å²) in [6.45, 7) is 2.96. The zero-order valence-corrected chi connectivity index (χ0v) is 16.3. The number of carbonyl (C=O) groups is 3. The zero-order valence-electron chi connectivity index (χ0n) is 16.3. The predicted molar refractivity (Wildman–Crippen MR) is 110 cm³/mol. The maximum absolute atomic E-state index is 12.9. The molecule has 1 saturated heterocycles. The zero-order chi connectivity index (χ0) is 20.0. The van der Waals surface area contributed by atoms with Crippen LogP contribution in [0.4, 0.5) is 11.4 Å². The summed E-state index contributed by atoms with van der Waals surface area (Å²) in [6, 6.07) is 13.2. The molecule has 0 aromatic heterocycles. The minimum Gasteiger partial charge on any atom is -0.372 e. The first kappa shape index (κ1) is 17.9. The summed E-state index contributed by atoms with van der Waals surface area (Å²) in [5.41, 5.74) is 4.24. The molecule has 2 aromatic rings. The fourth-order valence-corrected chi connectivity index (χ4v) is 4.60. The molecule has 0 aliphatic carbocycles. The summed E-state index contributed by atoms with van der Waals surface area (Å²) < 4.78 is 0. The van der Waals surface area contributed by atoms with Gasteiger partial charge in [-0.25, -0.2) is 0 Å². The lowest BCUT2D eigenvalue weighted by Gasteiger charge is -2.21. The van der Waals surface area contributed by atoms with Crippen LogP contribution in [-0.4, -0.2) is 48.8 Å². The Kier molecular flexibility index (Phi) is 4.34. The quantitative estimate of drug-likeness (QED) is 0.755. The third kappa shape index (κ3) is 2.99. The van der Waals surface area contributed by atoms with E-state index in [1.165, 1.54) is 29.0 Å². The van der Waals surface area contributed by atoms with E-state index in [1.807, 2.05) is 6.07 Å². The Bertz CT molecular complexity index is 975. The number of benzene rings is 2. The van der Waals surface area contributed by atoms with Crippen LogP contribution in [-0.2, 0) is 11.2 Å². The van der Waals surface area contributed by atoms with Gasteiger partial charge in [-0.15, -0.1) is 0 Å². The van der Waals surface area contributed by atoms with Gasteiger partial charge in [-0.3, -0.25) is 19.3 Å². The lowest BCUT2D eigenvalue weighted by molar-refractivity contribution is -0.118. The maximum Gasteiger partial charge on any atom is 0.261 e. The first-order valence-electron chi connectivity index (χ1n) is 10.3. The number of hydrogen-bond donors (Lipinski definition) is 0. The summed E-state index contributed by atoms with van der Waals surface area (Å²) in [5.74, 6) is -0.666. The Morgan fingerprint density at radius 1 is 0.897 bits per heavy atom. The van der Waals surface area contributed by atoms with Crippen LogP contribution in [0.25, 0.3) is 0 Å². The Morgan fingerprint density at radius 2 is 1.59 bits per heavy atom.